The second-order valence-corrected chi connectivity index (χ2v) is 7.01. The minimum Gasteiger partial charge on any atom is -0.383 e. The lowest BCUT2D eigenvalue weighted by Crippen LogP contribution is -2.54. The highest BCUT2D eigenvalue weighted by atomic mass is 16.5. The topological polar surface area (TPSA) is 43.7 Å². The van der Waals surface area contributed by atoms with Crippen LogP contribution in [0, 0.1) is 0 Å². The number of aromatic nitrogens is 1. The molecule has 0 bridgehead atoms. The SMILES string of the molecule is COCCn1cc(C(=O)N2CCO[C@H]3CCCC[C@@H]32)c2ccccc21. The van der Waals surface area contributed by atoms with Crippen molar-refractivity contribution in [2.45, 2.75) is 44.4 Å². The number of fused-ring (bicyclic) bond motifs is 2. The fraction of sp³-hybridized carbons (Fsp3) is 0.550. The molecular weight excluding hydrogens is 316 g/mol. The van der Waals surface area contributed by atoms with Gasteiger partial charge in [0.25, 0.3) is 5.91 Å². The van der Waals surface area contributed by atoms with E-state index in [1.54, 1.807) is 7.11 Å². The molecule has 1 saturated carbocycles. The maximum Gasteiger partial charge on any atom is 0.256 e. The summed E-state index contributed by atoms with van der Waals surface area (Å²) in [6.45, 7) is 2.72. The lowest BCUT2D eigenvalue weighted by Gasteiger charge is -2.43. The molecule has 4 rings (SSSR count). The third-order valence-corrected chi connectivity index (χ3v) is 5.55. The van der Waals surface area contributed by atoms with E-state index in [2.05, 4.69) is 15.5 Å². The van der Waals surface area contributed by atoms with E-state index in [0.717, 1.165) is 35.9 Å². The summed E-state index contributed by atoms with van der Waals surface area (Å²) in [5, 5.41) is 1.03. The smallest absolute Gasteiger partial charge is 0.256 e. The number of para-hydroxylation sites is 1. The number of carbonyl (C=O) groups excluding carboxylic acids is 1. The molecule has 5 nitrogen and oxygen atoms in total. The fourth-order valence-corrected chi connectivity index (χ4v) is 4.30. The highest BCUT2D eigenvalue weighted by Gasteiger charge is 2.37. The van der Waals surface area contributed by atoms with Crippen LogP contribution in [0.3, 0.4) is 0 Å². The van der Waals surface area contributed by atoms with Gasteiger partial charge in [-0.2, -0.15) is 0 Å². The molecule has 1 saturated heterocycles. The molecule has 5 heteroatoms. The molecule has 1 aliphatic heterocycles. The van der Waals surface area contributed by atoms with Crippen molar-refractivity contribution < 1.29 is 14.3 Å². The monoisotopic (exact) mass is 342 g/mol. The molecule has 0 radical (unpaired) electrons. The molecule has 25 heavy (non-hydrogen) atoms. The van der Waals surface area contributed by atoms with Crippen LogP contribution in [-0.4, -0.2) is 54.4 Å². The molecule has 2 aliphatic rings. The summed E-state index contributed by atoms with van der Waals surface area (Å²) in [6.07, 6.45) is 6.74. The van der Waals surface area contributed by atoms with Gasteiger partial charge in [-0.15, -0.1) is 0 Å². The highest BCUT2D eigenvalue weighted by Crippen LogP contribution is 2.31. The molecule has 2 atom stereocenters. The van der Waals surface area contributed by atoms with Gasteiger partial charge in [0.05, 0.1) is 30.9 Å². The van der Waals surface area contributed by atoms with Crippen molar-refractivity contribution in [2.24, 2.45) is 0 Å². The van der Waals surface area contributed by atoms with Crippen molar-refractivity contribution in [1.82, 2.24) is 9.47 Å². The second-order valence-electron chi connectivity index (χ2n) is 7.01. The van der Waals surface area contributed by atoms with E-state index in [0.29, 0.717) is 19.8 Å². The first-order valence-electron chi connectivity index (χ1n) is 9.29. The Morgan fingerprint density at radius 2 is 2.12 bits per heavy atom. The van der Waals surface area contributed by atoms with Gasteiger partial charge in [0.15, 0.2) is 0 Å². The van der Waals surface area contributed by atoms with E-state index in [-0.39, 0.29) is 18.1 Å². The number of hydrogen-bond donors (Lipinski definition) is 0. The maximum absolute atomic E-state index is 13.4. The molecule has 134 valence electrons. The summed E-state index contributed by atoms with van der Waals surface area (Å²) in [5.41, 5.74) is 1.90. The minimum absolute atomic E-state index is 0.146. The van der Waals surface area contributed by atoms with Crippen LogP contribution in [-0.2, 0) is 16.0 Å². The molecule has 1 aromatic carbocycles. The predicted octanol–water partition coefficient (Wildman–Crippen LogP) is 3.07. The standard InChI is InChI=1S/C20H26N2O3/c1-24-12-10-21-14-16(15-6-2-3-7-17(15)21)20(23)22-11-13-25-19-9-5-4-8-18(19)22/h2-3,6-7,14,18-19H,4-5,8-13H2,1H3/t18-,19-/m0/s1. The third-order valence-electron chi connectivity index (χ3n) is 5.55. The Labute approximate surface area is 148 Å². The molecule has 0 unspecified atom stereocenters. The number of ether oxygens (including phenoxy) is 2. The first-order chi connectivity index (χ1) is 12.3. The Bertz CT molecular complexity index is 752. The second kappa shape index (κ2) is 7.18. The zero-order valence-corrected chi connectivity index (χ0v) is 14.8. The van der Waals surface area contributed by atoms with Crippen LogP contribution in [0.1, 0.15) is 36.0 Å². The molecule has 2 fully saturated rings. The first kappa shape index (κ1) is 16.6. The van der Waals surface area contributed by atoms with Gasteiger partial charge < -0.3 is 18.9 Å². The van der Waals surface area contributed by atoms with Gasteiger partial charge in [0.2, 0.25) is 0 Å². The van der Waals surface area contributed by atoms with Crippen molar-refractivity contribution in [3.05, 3.63) is 36.0 Å². The summed E-state index contributed by atoms with van der Waals surface area (Å²) in [4.78, 5) is 15.4. The maximum atomic E-state index is 13.4. The molecule has 0 N–H and O–H groups in total. The summed E-state index contributed by atoms with van der Waals surface area (Å²) in [5.74, 6) is 0.146. The van der Waals surface area contributed by atoms with Gasteiger partial charge in [-0.25, -0.2) is 0 Å². The lowest BCUT2D eigenvalue weighted by atomic mass is 9.89. The number of hydrogen-bond acceptors (Lipinski definition) is 3. The zero-order chi connectivity index (χ0) is 17.2. The Kier molecular flexibility index (Phi) is 4.77. The van der Waals surface area contributed by atoms with Gasteiger partial charge >= 0.3 is 0 Å². The summed E-state index contributed by atoms with van der Waals surface area (Å²) in [6, 6.07) is 8.37. The Balaban J connectivity index is 1.67. The molecule has 1 aromatic heterocycles. The summed E-state index contributed by atoms with van der Waals surface area (Å²) < 4.78 is 13.3. The Morgan fingerprint density at radius 3 is 3.00 bits per heavy atom. The van der Waals surface area contributed by atoms with E-state index in [4.69, 9.17) is 9.47 Å². The van der Waals surface area contributed by atoms with E-state index in [1.807, 2.05) is 24.4 Å². The van der Waals surface area contributed by atoms with Crippen LogP contribution in [0.15, 0.2) is 30.5 Å². The van der Waals surface area contributed by atoms with Crippen molar-refractivity contribution in [1.29, 1.82) is 0 Å². The minimum atomic E-state index is 0.146. The van der Waals surface area contributed by atoms with Crippen molar-refractivity contribution in [3.8, 4) is 0 Å². The quantitative estimate of drug-likeness (QED) is 0.858. The van der Waals surface area contributed by atoms with E-state index >= 15 is 0 Å². The molecule has 2 heterocycles. The van der Waals surface area contributed by atoms with Gasteiger partial charge in [-0.05, 0) is 18.9 Å². The number of methoxy groups -OCH3 is 1. The van der Waals surface area contributed by atoms with Gasteiger partial charge in [-0.1, -0.05) is 31.0 Å². The number of carbonyl (C=O) groups is 1. The molecule has 1 aliphatic carbocycles. The van der Waals surface area contributed by atoms with E-state index in [1.165, 1.54) is 12.8 Å². The number of nitrogens with zero attached hydrogens (tertiary/aromatic N) is 2. The van der Waals surface area contributed by atoms with E-state index in [9.17, 15) is 4.79 Å². The largest absolute Gasteiger partial charge is 0.383 e. The van der Waals surface area contributed by atoms with Gasteiger partial charge in [-0.3, -0.25) is 4.79 Å². The first-order valence-corrected chi connectivity index (χ1v) is 9.29. The van der Waals surface area contributed by atoms with Gasteiger partial charge in [0, 0.05) is 37.3 Å². The normalized spacial score (nSPS) is 23.6. The number of rotatable bonds is 4. The highest BCUT2D eigenvalue weighted by molar-refractivity contribution is 6.07. The van der Waals surface area contributed by atoms with Crippen LogP contribution in [0.4, 0.5) is 0 Å². The van der Waals surface area contributed by atoms with Crippen LogP contribution in [0.5, 0.6) is 0 Å². The fourth-order valence-electron chi connectivity index (χ4n) is 4.30. The van der Waals surface area contributed by atoms with Crippen LogP contribution in [0.25, 0.3) is 10.9 Å². The van der Waals surface area contributed by atoms with E-state index < -0.39 is 0 Å². The average Bonchev–Trinajstić information content (AvgIpc) is 3.04. The van der Waals surface area contributed by atoms with Crippen molar-refractivity contribution in [3.63, 3.8) is 0 Å². The average molecular weight is 342 g/mol. The number of benzene rings is 1. The van der Waals surface area contributed by atoms with Gasteiger partial charge in [0.1, 0.15) is 0 Å². The summed E-state index contributed by atoms with van der Waals surface area (Å²) >= 11 is 0. The Morgan fingerprint density at radius 1 is 1.28 bits per heavy atom. The number of morpholine rings is 1. The zero-order valence-electron chi connectivity index (χ0n) is 14.8. The predicted molar refractivity (Wildman–Crippen MR) is 96.8 cm³/mol. The summed E-state index contributed by atoms with van der Waals surface area (Å²) in [7, 11) is 1.70. The number of amides is 1. The van der Waals surface area contributed by atoms with Crippen LogP contribution < -0.4 is 0 Å². The molecule has 0 spiro atoms. The Hall–Kier alpha value is -1.85. The third kappa shape index (κ3) is 3.07. The van der Waals surface area contributed by atoms with Crippen molar-refractivity contribution >= 4 is 16.8 Å². The van der Waals surface area contributed by atoms with Crippen LogP contribution in [0.2, 0.25) is 0 Å². The molecular formula is C20H26N2O3. The molecule has 2 aromatic rings. The van der Waals surface area contributed by atoms with Crippen LogP contribution >= 0.6 is 0 Å². The molecule has 1 amide bonds. The lowest BCUT2D eigenvalue weighted by molar-refractivity contribution is -0.0752. The van der Waals surface area contributed by atoms with Crippen molar-refractivity contribution in [2.75, 3.05) is 26.9 Å².